The molecule has 1 fully saturated rings. The van der Waals surface area contributed by atoms with Gasteiger partial charge in [-0.05, 0) is 25.7 Å². The van der Waals surface area contributed by atoms with Crippen LogP contribution < -0.4 is 0 Å². The highest BCUT2D eigenvalue weighted by Gasteiger charge is 2.19. The molecule has 0 amide bonds. The monoisotopic (exact) mass is 346 g/mol. The van der Waals surface area contributed by atoms with Gasteiger partial charge in [-0.1, -0.05) is 25.8 Å². The molecule has 1 aliphatic rings. The summed E-state index contributed by atoms with van der Waals surface area (Å²) in [5.74, 6) is -1.50. The number of rotatable bonds is 7. The van der Waals surface area contributed by atoms with Gasteiger partial charge in [0.15, 0.2) is 9.84 Å². The van der Waals surface area contributed by atoms with Crippen molar-refractivity contribution in [3.63, 3.8) is 0 Å². The van der Waals surface area contributed by atoms with Crippen LogP contribution in [0, 0.1) is 0 Å². The second kappa shape index (κ2) is 9.70. The summed E-state index contributed by atoms with van der Waals surface area (Å²) in [6.45, 7) is 3.27. The molecule has 1 rings (SSSR count). The Labute approximate surface area is 138 Å². The van der Waals surface area contributed by atoms with E-state index >= 15 is 0 Å². The van der Waals surface area contributed by atoms with Gasteiger partial charge in [0.05, 0.1) is 12.2 Å². The lowest BCUT2D eigenvalue weighted by Gasteiger charge is -2.20. The molecule has 0 saturated heterocycles. The quantitative estimate of drug-likeness (QED) is 0.519. The normalized spacial score (nSPS) is 16.9. The summed E-state index contributed by atoms with van der Waals surface area (Å²) < 4.78 is 32.1. The molecular weight excluding hydrogens is 320 g/mol. The van der Waals surface area contributed by atoms with E-state index in [0.29, 0.717) is 0 Å². The van der Waals surface area contributed by atoms with Gasteiger partial charge in [-0.15, -0.1) is 0 Å². The van der Waals surface area contributed by atoms with Crippen LogP contribution in [0.2, 0.25) is 0 Å². The van der Waals surface area contributed by atoms with E-state index in [1.165, 1.54) is 6.42 Å². The van der Waals surface area contributed by atoms with E-state index in [2.05, 4.69) is 6.58 Å². The fraction of sp³-hybridized carbons (Fsp3) is 0.750. The number of carbonyl (C=O) groups is 2. The van der Waals surface area contributed by atoms with Crippen molar-refractivity contribution in [3.05, 3.63) is 12.2 Å². The molecule has 0 spiro atoms. The average molecular weight is 346 g/mol. The second-order valence-electron chi connectivity index (χ2n) is 6.00. The number of hydrogen-bond donors (Lipinski definition) is 0. The Hall–Kier alpha value is -1.37. The van der Waals surface area contributed by atoms with E-state index < -0.39 is 21.8 Å². The summed E-state index contributed by atoms with van der Waals surface area (Å²) in [6, 6.07) is 0. The predicted molar refractivity (Wildman–Crippen MR) is 86.6 cm³/mol. The molecule has 6 nitrogen and oxygen atoms in total. The molecule has 0 unspecified atom stereocenters. The Bertz CT molecular complexity index is 515. The predicted octanol–water partition coefficient (Wildman–Crippen LogP) is 2.18. The lowest BCUT2D eigenvalue weighted by molar-refractivity contribution is -0.151. The Kier molecular flexibility index (Phi) is 8.30. The fourth-order valence-corrected chi connectivity index (χ4v) is 2.78. The van der Waals surface area contributed by atoms with Gasteiger partial charge in [0.1, 0.15) is 12.7 Å². The maximum absolute atomic E-state index is 11.9. The number of carbonyl (C=O) groups excluding carboxylic acids is 2. The zero-order chi connectivity index (χ0) is 17.3. The van der Waals surface area contributed by atoms with Crippen LogP contribution in [0.25, 0.3) is 0 Å². The van der Waals surface area contributed by atoms with Crippen LogP contribution in [0.1, 0.15) is 51.4 Å². The van der Waals surface area contributed by atoms with Crippen LogP contribution in [-0.4, -0.2) is 45.1 Å². The Morgan fingerprint density at radius 1 is 1.09 bits per heavy atom. The van der Waals surface area contributed by atoms with Crippen LogP contribution in [0.5, 0.6) is 0 Å². The van der Waals surface area contributed by atoms with E-state index in [9.17, 15) is 18.0 Å². The molecule has 0 N–H and O–H groups in total. The van der Waals surface area contributed by atoms with Crippen molar-refractivity contribution < 1.29 is 27.5 Å². The van der Waals surface area contributed by atoms with Crippen molar-refractivity contribution in [2.45, 2.75) is 57.5 Å². The topological polar surface area (TPSA) is 86.7 Å². The Morgan fingerprint density at radius 3 is 2.22 bits per heavy atom. The first kappa shape index (κ1) is 19.7. The zero-order valence-corrected chi connectivity index (χ0v) is 14.5. The molecule has 0 radical (unpaired) electrons. The third-order valence-corrected chi connectivity index (χ3v) is 4.59. The van der Waals surface area contributed by atoms with Crippen LogP contribution in [0.3, 0.4) is 0 Å². The van der Waals surface area contributed by atoms with Crippen LogP contribution in [0.15, 0.2) is 12.2 Å². The van der Waals surface area contributed by atoms with E-state index in [-0.39, 0.29) is 30.5 Å². The zero-order valence-electron chi connectivity index (χ0n) is 13.7. The van der Waals surface area contributed by atoms with Gasteiger partial charge in [-0.25, -0.2) is 13.2 Å². The summed E-state index contributed by atoms with van der Waals surface area (Å²) in [7, 11) is -3.19. The molecule has 0 aromatic heterocycles. The fourth-order valence-electron chi connectivity index (χ4n) is 2.40. The van der Waals surface area contributed by atoms with Gasteiger partial charge in [-0.3, -0.25) is 4.79 Å². The minimum atomic E-state index is -3.19. The molecular formula is C16H26O6S. The van der Waals surface area contributed by atoms with E-state index in [4.69, 9.17) is 9.47 Å². The van der Waals surface area contributed by atoms with Gasteiger partial charge in [-0.2, -0.15) is 0 Å². The number of ether oxygens (including phenoxy) is 2. The molecule has 0 aliphatic heterocycles. The number of hydrogen-bond acceptors (Lipinski definition) is 6. The maximum atomic E-state index is 11.9. The van der Waals surface area contributed by atoms with Gasteiger partial charge in [0.2, 0.25) is 0 Å². The van der Waals surface area contributed by atoms with Gasteiger partial charge >= 0.3 is 11.9 Å². The molecule has 7 heteroatoms. The molecule has 0 atom stereocenters. The molecule has 132 valence electrons. The molecule has 1 aliphatic carbocycles. The van der Waals surface area contributed by atoms with Gasteiger partial charge < -0.3 is 9.47 Å². The molecule has 0 bridgehead atoms. The summed E-state index contributed by atoms with van der Waals surface area (Å²) in [6.07, 6.45) is 8.11. The first-order valence-corrected chi connectivity index (χ1v) is 10.1. The molecule has 0 aromatic rings. The van der Waals surface area contributed by atoms with Crippen molar-refractivity contribution in [2.75, 3.05) is 18.6 Å². The average Bonchev–Trinajstić information content (AvgIpc) is 2.40. The Morgan fingerprint density at radius 2 is 1.65 bits per heavy atom. The largest absolute Gasteiger partial charge is 0.462 e. The van der Waals surface area contributed by atoms with Crippen molar-refractivity contribution >= 4 is 21.8 Å². The highest BCUT2D eigenvalue weighted by Crippen LogP contribution is 2.20. The Balaban J connectivity index is 2.31. The van der Waals surface area contributed by atoms with Crippen molar-refractivity contribution in [3.8, 4) is 0 Å². The van der Waals surface area contributed by atoms with Gasteiger partial charge in [0.25, 0.3) is 0 Å². The maximum Gasteiger partial charge on any atom is 0.334 e. The van der Waals surface area contributed by atoms with Crippen molar-refractivity contribution in [2.24, 2.45) is 0 Å². The molecule has 1 saturated carbocycles. The minimum Gasteiger partial charge on any atom is -0.462 e. The molecule has 0 aromatic carbocycles. The summed E-state index contributed by atoms with van der Waals surface area (Å²) >= 11 is 0. The molecule has 0 heterocycles. The standard InChI is InChI=1S/C16H26O6S/c1-13(16(18)21-10-11-23(2,19)20)12-15(17)22-14-8-6-4-3-5-7-9-14/h14H,1,3-12H2,2H3. The summed E-state index contributed by atoms with van der Waals surface area (Å²) in [4.78, 5) is 23.5. The molecule has 23 heavy (non-hydrogen) atoms. The van der Waals surface area contributed by atoms with Crippen LogP contribution >= 0.6 is 0 Å². The highest BCUT2D eigenvalue weighted by molar-refractivity contribution is 7.90. The summed E-state index contributed by atoms with van der Waals surface area (Å²) in [5.41, 5.74) is -0.0191. The number of sulfone groups is 1. The number of esters is 2. The van der Waals surface area contributed by atoms with Crippen LogP contribution in [0.4, 0.5) is 0 Å². The third-order valence-electron chi connectivity index (χ3n) is 3.68. The minimum absolute atomic E-state index is 0.0191. The lowest BCUT2D eigenvalue weighted by Crippen LogP contribution is -2.21. The SMILES string of the molecule is C=C(CC(=O)OC1CCCCCCC1)C(=O)OCCS(C)(=O)=O. The van der Waals surface area contributed by atoms with E-state index in [0.717, 1.165) is 44.8 Å². The van der Waals surface area contributed by atoms with Crippen molar-refractivity contribution in [1.82, 2.24) is 0 Å². The van der Waals surface area contributed by atoms with Crippen LogP contribution in [-0.2, 0) is 28.9 Å². The smallest absolute Gasteiger partial charge is 0.334 e. The van der Waals surface area contributed by atoms with Gasteiger partial charge in [0, 0.05) is 11.8 Å². The first-order chi connectivity index (χ1) is 10.8. The van der Waals surface area contributed by atoms with Crippen molar-refractivity contribution in [1.29, 1.82) is 0 Å². The summed E-state index contributed by atoms with van der Waals surface area (Å²) in [5, 5.41) is 0. The second-order valence-corrected chi connectivity index (χ2v) is 8.26. The van der Waals surface area contributed by atoms with E-state index in [1.54, 1.807) is 0 Å². The lowest BCUT2D eigenvalue weighted by atomic mass is 9.98. The highest BCUT2D eigenvalue weighted by atomic mass is 32.2. The third kappa shape index (κ3) is 9.38. The first-order valence-electron chi connectivity index (χ1n) is 8.00. The van der Waals surface area contributed by atoms with E-state index in [1.807, 2.05) is 0 Å².